The fourth-order valence-electron chi connectivity index (χ4n) is 2.03. The smallest absolute Gasteiger partial charge is 0.211 e. The van der Waals surface area contributed by atoms with Gasteiger partial charge in [0.15, 0.2) is 0 Å². The second-order valence-corrected chi connectivity index (χ2v) is 6.38. The van der Waals surface area contributed by atoms with Crippen LogP contribution in [0.15, 0.2) is 0 Å². The molecule has 1 aliphatic rings. The number of aliphatic hydroxyl groups excluding tert-OH is 1. The maximum absolute atomic E-state index is 11.3. The second-order valence-electron chi connectivity index (χ2n) is 4.40. The van der Waals surface area contributed by atoms with E-state index < -0.39 is 10.0 Å². The zero-order valence-corrected chi connectivity index (χ0v) is 11.4. The molecule has 0 aromatic heterocycles. The van der Waals surface area contributed by atoms with Crippen LogP contribution in [0.3, 0.4) is 0 Å². The van der Waals surface area contributed by atoms with Gasteiger partial charge in [-0.15, -0.1) is 0 Å². The Hall–Kier alpha value is -0.210. The first-order valence-electron chi connectivity index (χ1n) is 5.99. The van der Waals surface area contributed by atoms with Crippen LogP contribution < -0.4 is 5.32 Å². The van der Waals surface area contributed by atoms with Gasteiger partial charge in [-0.2, -0.15) is 4.31 Å². The number of hydrogen-bond acceptors (Lipinski definition) is 5. The molecule has 17 heavy (non-hydrogen) atoms. The Morgan fingerprint density at radius 2 is 1.88 bits per heavy atom. The lowest BCUT2D eigenvalue weighted by Gasteiger charge is -2.35. The van der Waals surface area contributed by atoms with Gasteiger partial charge in [0.25, 0.3) is 0 Å². The van der Waals surface area contributed by atoms with Crippen LogP contribution in [0, 0.1) is 0 Å². The summed E-state index contributed by atoms with van der Waals surface area (Å²) in [6, 6.07) is 0.0739. The third kappa shape index (κ3) is 4.89. The largest absolute Gasteiger partial charge is 0.395 e. The molecule has 1 saturated heterocycles. The van der Waals surface area contributed by atoms with E-state index in [1.807, 2.05) is 6.92 Å². The zero-order chi connectivity index (χ0) is 12.9. The molecule has 1 rings (SSSR count). The molecule has 0 bridgehead atoms. The maximum Gasteiger partial charge on any atom is 0.211 e. The molecule has 0 spiro atoms. The molecule has 7 heteroatoms. The molecule has 0 aromatic rings. The van der Waals surface area contributed by atoms with E-state index in [2.05, 4.69) is 10.2 Å². The summed E-state index contributed by atoms with van der Waals surface area (Å²) in [5.41, 5.74) is 0. The fourth-order valence-corrected chi connectivity index (χ4v) is 2.86. The van der Waals surface area contributed by atoms with E-state index in [-0.39, 0.29) is 12.6 Å². The third-order valence-electron chi connectivity index (χ3n) is 2.99. The quantitative estimate of drug-likeness (QED) is 0.614. The van der Waals surface area contributed by atoms with Gasteiger partial charge in [0, 0.05) is 38.8 Å². The Balaban J connectivity index is 2.36. The number of sulfonamides is 1. The van der Waals surface area contributed by atoms with Crippen LogP contribution in [0.2, 0.25) is 0 Å². The third-order valence-corrected chi connectivity index (χ3v) is 4.30. The first kappa shape index (κ1) is 14.8. The average Bonchev–Trinajstić information content (AvgIpc) is 2.28. The highest BCUT2D eigenvalue weighted by atomic mass is 32.2. The van der Waals surface area contributed by atoms with E-state index in [1.54, 1.807) is 0 Å². The Labute approximate surface area is 104 Å². The van der Waals surface area contributed by atoms with Crippen LogP contribution >= 0.6 is 0 Å². The molecule has 1 unspecified atom stereocenters. The SMILES string of the molecule is CCNC(CO)CN1CCN(S(C)(=O)=O)CC1. The summed E-state index contributed by atoms with van der Waals surface area (Å²) in [6.45, 7) is 6.26. The zero-order valence-electron chi connectivity index (χ0n) is 10.6. The van der Waals surface area contributed by atoms with Crippen molar-refractivity contribution in [3.05, 3.63) is 0 Å². The Morgan fingerprint density at radius 3 is 2.29 bits per heavy atom. The molecule has 6 nitrogen and oxygen atoms in total. The molecule has 0 radical (unpaired) electrons. The summed E-state index contributed by atoms with van der Waals surface area (Å²) in [7, 11) is -3.05. The van der Waals surface area contributed by atoms with Crippen molar-refractivity contribution in [2.75, 3.05) is 52.1 Å². The summed E-state index contributed by atoms with van der Waals surface area (Å²) in [5, 5.41) is 12.4. The van der Waals surface area contributed by atoms with Gasteiger partial charge in [-0.25, -0.2) is 8.42 Å². The summed E-state index contributed by atoms with van der Waals surface area (Å²) in [6.07, 6.45) is 1.25. The molecule has 2 N–H and O–H groups in total. The first-order chi connectivity index (χ1) is 7.97. The number of nitrogens with one attached hydrogen (secondary N) is 1. The van der Waals surface area contributed by atoms with E-state index in [4.69, 9.17) is 0 Å². The number of aliphatic hydroxyl groups is 1. The van der Waals surface area contributed by atoms with Crippen molar-refractivity contribution in [1.82, 2.24) is 14.5 Å². The number of hydrogen-bond donors (Lipinski definition) is 2. The van der Waals surface area contributed by atoms with Crippen molar-refractivity contribution in [3.8, 4) is 0 Å². The van der Waals surface area contributed by atoms with Gasteiger partial charge in [-0.3, -0.25) is 4.90 Å². The highest BCUT2D eigenvalue weighted by Gasteiger charge is 2.24. The molecule has 1 heterocycles. The van der Waals surface area contributed by atoms with Crippen molar-refractivity contribution in [3.63, 3.8) is 0 Å². The number of piperazine rings is 1. The summed E-state index contributed by atoms with van der Waals surface area (Å²) >= 11 is 0. The molecule has 0 aromatic carbocycles. The predicted octanol–water partition coefficient (Wildman–Crippen LogP) is -1.47. The Bertz CT molecular complexity index is 313. The van der Waals surface area contributed by atoms with Crippen LogP contribution in [-0.2, 0) is 10.0 Å². The van der Waals surface area contributed by atoms with Crippen molar-refractivity contribution in [2.45, 2.75) is 13.0 Å². The van der Waals surface area contributed by atoms with Gasteiger partial charge < -0.3 is 10.4 Å². The number of rotatable bonds is 6. The topological polar surface area (TPSA) is 72.9 Å². The van der Waals surface area contributed by atoms with Crippen LogP contribution in [0.4, 0.5) is 0 Å². The van der Waals surface area contributed by atoms with Crippen LogP contribution in [0.5, 0.6) is 0 Å². The van der Waals surface area contributed by atoms with Crippen molar-refractivity contribution in [1.29, 1.82) is 0 Å². The normalized spacial score (nSPS) is 21.6. The summed E-state index contributed by atoms with van der Waals surface area (Å²) in [4.78, 5) is 2.19. The number of nitrogens with zero attached hydrogens (tertiary/aromatic N) is 2. The molecule has 1 fully saturated rings. The van der Waals surface area contributed by atoms with E-state index >= 15 is 0 Å². The molecule has 102 valence electrons. The second kappa shape index (κ2) is 6.65. The minimum absolute atomic E-state index is 0.0739. The first-order valence-corrected chi connectivity index (χ1v) is 7.84. The molecule has 0 aliphatic carbocycles. The molecule has 0 amide bonds. The minimum Gasteiger partial charge on any atom is -0.395 e. The fraction of sp³-hybridized carbons (Fsp3) is 1.00. The van der Waals surface area contributed by atoms with Crippen molar-refractivity contribution < 1.29 is 13.5 Å². The molecular weight excluding hydrogens is 242 g/mol. The van der Waals surface area contributed by atoms with E-state index in [9.17, 15) is 13.5 Å². The van der Waals surface area contributed by atoms with Gasteiger partial charge in [-0.05, 0) is 6.54 Å². The lowest BCUT2D eigenvalue weighted by Crippen LogP contribution is -2.52. The average molecular weight is 265 g/mol. The molecule has 1 aliphatic heterocycles. The van der Waals surface area contributed by atoms with Crippen LogP contribution in [0.25, 0.3) is 0 Å². The summed E-state index contributed by atoms with van der Waals surface area (Å²) in [5.74, 6) is 0. The van der Waals surface area contributed by atoms with Gasteiger partial charge in [0.2, 0.25) is 10.0 Å². The standard InChI is InChI=1S/C10H23N3O3S/c1-3-11-10(9-14)8-12-4-6-13(7-5-12)17(2,15)16/h10-11,14H,3-9H2,1-2H3. The van der Waals surface area contributed by atoms with Crippen LogP contribution in [0.1, 0.15) is 6.92 Å². The van der Waals surface area contributed by atoms with E-state index in [0.29, 0.717) is 13.1 Å². The highest BCUT2D eigenvalue weighted by molar-refractivity contribution is 7.88. The molecule has 1 atom stereocenters. The monoisotopic (exact) mass is 265 g/mol. The Kier molecular flexibility index (Phi) is 5.81. The van der Waals surface area contributed by atoms with Gasteiger partial charge in [0.05, 0.1) is 12.9 Å². The Morgan fingerprint density at radius 1 is 1.29 bits per heavy atom. The van der Waals surface area contributed by atoms with E-state index in [1.165, 1.54) is 10.6 Å². The van der Waals surface area contributed by atoms with Crippen LogP contribution in [-0.4, -0.2) is 80.9 Å². The molecule has 0 saturated carbocycles. The lowest BCUT2D eigenvalue weighted by molar-refractivity contribution is 0.146. The van der Waals surface area contributed by atoms with E-state index in [0.717, 1.165) is 26.2 Å². The van der Waals surface area contributed by atoms with Gasteiger partial charge >= 0.3 is 0 Å². The minimum atomic E-state index is -3.05. The summed E-state index contributed by atoms with van der Waals surface area (Å²) < 4.78 is 24.2. The lowest BCUT2D eigenvalue weighted by atomic mass is 10.2. The predicted molar refractivity (Wildman–Crippen MR) is 67.4 cm³/mol. The maximum atomic E-state index is 11.3. The van der Waals surface area contributed by atoms with Gasteiger partial charge in [-0.1, -0.05) is 6.92 Å². The van der Waals surface area contributed by atoms with Crippen molar-refractivity contribution in [2.24, 2.45) is 0 Å². The highest BCUT2D eigenvalue weighted by Crippen LogP contribution is 2.06. The molecular formula is C10H23N3O3S. The van der Waals surface area contributed by atoms with Gasteiger partial charge in [0.1, 0.15) is 0 Å². The van der Waals surface area contributed by atoms with Crippen molar-refractivity contribution >= 4 is 10.0 Å². The number of likely N-dealkylation sites (N-methyl/N-ethyl adjacent to an activating group) is 1.